The van der Waals surface area contributed by atoms with Crippen molar-refractivity contribution in [2.45, 2.75) is 13.3 Å². The molecular formula is C15H23N3O3. The van der Waals surface area contributed by atoms with E-state index in [-0.39, 0.29) is 10.6 Å². The largest absolute Gasteiger partial charge is 0.497 e. The Morgan fingerprint density at radius 1 is 1.52 bits per heavy atom. The maximum atomic E-state index is 11.2. The van der Waals surface area contributed by atoms with Crippen molar-refractivity contribution >= 4 is 11.4 Å². The number of ether oxygens (including phenoxy) is 1. The molecule has 116 valence electrons. The molecule has 2 rings (SSSR count). The van der Waals surface area contributed by atoms with Crippen LogP contribution in [0.15, 0.2) is 18.2 Å². The molecule has 1 saturated heterocycles. The fourth-order valence-electron chi connectivity index (χ4n) is 2.81. The second-order valence-corrected chi connectivity index (χ2v) is 5.57. The molecule has 1 atom stereocenters. The van der Waals surface area contributed by atoms with E-state index in [9.17, 15) is 10.1 Å². The summed E-state index contributed by atoms with van der Waals surface area (Å²) in [4.78, 5) is 15.3. The van der Waals surface area contributed by atoms with E-state index in [1.165, 1.54) is 6.07 Å². The molecule has 0 spiro atoms. The highest BCUT2D eigenvalue weighted by Crippen LogP contribution is 2.35. The zero-order valence-corrected chi connectivity index (χ0v) is 12.9. The van der Waals surface area contributed by atoms with Crippen molar-refractivity contribution in [3.8, 4) is 5.75 Å². The van der Waals surface area contributed by atoms with Gasteiger partial charge < -0.3 is 14.5 Å². The summed E-state index contributed by atoms with van der Waals surface area (Å²) in [5.41, 5.74) is 0.821. The summed E-state index contributed by atoms with van der Waals surface area (Å²) in [5.74, 6) is 1.21. The molecule has 1 fully saturated rings. The monoisotopic (exact) mass is 293 g/mol. The van der Waals surface area contributed by atoms with Gasteiger partial charge in [0.05, 0.1) is 12.0 Å². The maximum absolute atomic E-state index is 11.2. The fraction of sp³-hybridized carbons (Fsp3) is 0.600. The van der Waals surface area contributed by atoms with Gasteiger partial charge in [-0.05, 0) is 32.0 Å². The molecule has 21 heavy (non-hydrogen) atoms. The first-order valence-corrected chi connectivity index (χ1v) is 7.31. The maximum Gasteiger partial charge on any atom is 0.292 e. The normalized spacial score (nSPS) is 18.3. The lowest BCUT2D eigenvalue weighted by Gasteiger charge is -2.21. The van der Waals surface area contributed by atoms with Gasteiger partial charge >= 0.3 is 0 Å². The number of rotatable bonds is 6. The Bertz CT molecular complexity index is 507. The number of anilines is 1. The minimum Gasteiger partial charge on any atom is -0.497 e. The van der Waals surface area contributed by atoms with Gasteiger partial charge in [-0.3, -0.25) is 10.1 Å². The van der Waals surface area contributed by atoms with Crippen LogP contribution < -0.4 is 9.64 Å². The zero-order valence-electron chi connectivity index (χ0n) is 12.9. The molecular weight excluding hydrogens is 270 g/mol. The highest BCUT2D eigenvalue weighted by molar-refractivity contribution is 5.66. The Kier molecular flexibility index (Phi) is 5.01. The number of methoxy groups -OCH3 is 1. The number of benzene rings is 1. The van der Waals surface area contributed by atoms with Gasteiger partial charge in [0, 0.05) is 31.8 Å². The third-order valence-electron chi connectivity index (χ3n) is 4.12. The van der Waals surface area contributed by atoms with Gasteiger partial charge in [0.15, 0.2) is 0 Å². The molecule has 1 aromatic carbocycles. The van der Waals surface area contributed by atoms with Gasteiger partial charge in [-0.15, -0.1) is 0 Å². The van der Waals surface area contributed by atoms with Crippen molar-refractivity contribution < 1.29 is 9.66 Å². The highest BCUT2D eigenvalue weighted by Gasteiger charge is 2.28. The third kappa shape index (κ3) is 3.64. The molecule has 1 aliphatic rings. The van der Waals surface area contributed by atoms with Crippen LogP contribution in [-0.2, 0) is 0 Å². The summed E-state index contributed by atoms with van der Waals surface area (Å²) < 4.78 is 5.20. The van der Waals surface area contributed by atoms with E-state index in [1.807, 2.05) is 0 Å². The molecule has 0 amide bonds. The van der Waals surface area contributed by atoms with Gasteiger partial charge in [0.1, 0.15) is 11.4 Å². The van der Waals surface area contributed by atoms with Gasteiger partial charge in [0.2, 0.25) is 0 Å². The summed E-state index contributed by atoms with van der Waals surface area (Å²) in [7, 11) is 3.69. The van der Waals surface area contributed by atoms with Crippen molar-refractivity contribution in [3.63, 3.8) is 0 Å². The van der Waals surface area contributed by atoms with Crippen LogP contribution in [-0.4, -0.2) is 50.2 Å². The lowest BCUT2D eigenvalue weighted by Crippen LogP contribution is -2.28. The van der Waals surface area contributed by atoms with Crippen molar-refractivity contribution in [1.29, 1.82) is 0 Å². The van der Waals surface area contributed by atoms with Crippen LogP contribution >= 0.6 is 0 Å². The Labute approximate surface area is 125 Å². The number of nitro groups is 1. The van der Waals surface area contributed by atoms with Gasteiger partial charge in [-0.2, -0.15) is 0 Å². The SMILES string of the molecule is CCN(C)CC1CCN(c2cc(OC)ccc2[N+](=O)[O-])C1. The standard InChI is InChI=1S/C15H23N3O3/c1-4-16(2)10-12-7-8-17(11-12)15-9-13(21-3)5-6-14(15)18(19)20/h5-6,9,12H,4,7-8,10-11H2,1-3H3. The van der Waals surface area contributed by atoms with Crippen LogP contribution in [0.1, 0.15) is 13.3 Å². The Morgan fingerprint density at radius 2 is 2.29 bits per heavy atom. The van der Waals surface area contributed by atoms with Crippen molar-refractivity contribution in [1.82, 2.24) is 4.90 Å². The average Bonchev–Trinajstić information content (AvgIpc) is 2.94. The van der Waals surface area contributed by atoms with Gasteiger partial charge in [0.25, 0.3) is 5.69 Å². The number of nitro benzene ring substituents is 1. The van der Waals surface area contributed by atoms with Gasteiger partial charge in [-0.25, -0.2) is 0 Å². The summed E-state index contributed by atoms with van der Waals surface area (Å²) >= 11 is 0. The second-order valence-electron chi connectivity index (χ2n) is 5.57. The Balaban J connectivity index is 2.16. The van der Waals surface area contributed by atoms with E-state index in [4.69, 9.17) is 4.74 Å². The molecule has 0 aromatic heterocycles. The van der Waals surface area contributed by atoms with Crippen molar-refractivity contribution in [3.05, 3.63) is 28.3 Å². The summed E-state index contributed by atoms with van der Waals surface area (Å²) in [5, 5.41) is 11.2. The first-order chi connectivity index (χ1) is 10.0. The summed E-state index contributed by atoms with van der Waals surface area (Å²) in [6.45, 7) is 5.91. The number of hydrogen-bond donors (Lipinski definition) is 0. The van der Waals surface area contributed by atoms with Gasteiger partial charge in [-0.1, -0.05) is 6.92 Å². The molecule has 6 nitrogen and oxygen atoms in total. The molecule has 0 radical (unpaired) electrons. The smallest absolute Gasteiger partial charge is 0.292 e. The van der Waals surface area contributed by atoms with Crippen LogP contribution in [0.2, 0.25) is 0 Å². The van der Waals surface area contributed by atoms with Crippen molar-refractivity contribution in [2.24, 2.45) is 5.92 Å². The third-order valence-corrected chi connectivity index (χ3v) is 4.12. The second kappa shape index (κ2) is 6.76. The van der Waals surface area contributed by atoms with Crippen LogP contribution in [0.4, 0.5) is 11.4 Å². The predicted molar refractivity (Wildman–Crippen MR) is 83.1 cm³/mol. The number of hydrogen-bond acceptors (Lipinski definition) is 5. The first-order valence-electron chi connectivity index (χ1n) is 7.31. The van der Waals surface area contributed by atoms with E-state index < -0.39 is 0 Å². The lowest BCUT2D eigenvalue weighted by molar-refractivity contribution is -0.384. The van der Waals surface area contributed by atoms with E-state index in [0.29, 0.717) is 17.4 Å². The first kappa shape index (κ1) is 15.6. The van der Waals surface area contributed by atoms with Crippen molar-refractivity contribution in [2.75, 3.05) is 45.2 Å². The van der Waals surface area contributed by atoms with E-state index >= 15 is 0 Å². The highest BCUT2D eigenvalue weighted by atomic mass is 16.6. The molecule has 1 aliphatic heterocycles. The predicted octanol–water partition coefficient (Wildman–Crippen LogP) is 2.38. The van der Waals surface area contributed by atoms with Crippen LogP contribution in [0.5, 0.6) is 5.75 Å². The molecule has 0 saturated carbocycles. The number of nitrogens with zero attached hydrogens (tertiary/aromatic N) is 3. The van der Waals surface area contributed by atoms with E-state index in [0.717, 1.165) is 32.6 Å². The molecule has 1 aromatic rings. The summed E-state index contributed by atoms with van der Waals surface area (Å²) in [6, 6.07) is 4.93. The minimum atomic E-state index is -0.319. The van der Waals surface area contributed by atoms with Crippen LogP contribution in [0.25, 0.3) is 0 Å². The molecule has 1 unspecified atom stereocenters. The quantitative estimate of drug-likeness (QED) is 0.595. The van der Waals surface area contributed by atoms with Crippen LogP contribution in [0, 0.1) is 16.0 Å². The summed E-state index contributed by atoms with van der Waals surface area (Å²) in [6.07, 6.45) is 1.07. The van der Waals surface area contributed by atoms with E-state index in [1.54, 1.807) is 19.2 Å². The molecule has 0 aliphatic carbocycles. The average molecular weight is 293 g/mol. The molecule has 0 bridgehead atoms. The minimum absolute atomic E-state index is 0.153. The van der Waals surface area contributed by atoms with Crippen LogP contribution in [0.3, 0.4) is 0 Å². The molecule has 6 heteroatoms. The Morgan fingerprint density at radius 3 is 2.90 bits per heavy atom. The Hall–Kier alpha value is -1.82. The fourth-order valence-corrected chi connectivity index (χ4v) is 2.81. The topological polar surface area (TPSA) is 58.8 Å². The molecule has 0 N–H and O–H groups in total. The zero-order chi connectivity index (χ0) is 15.4. The lowest BCUT2D eigenvalue weighted by atomic mass is 10.1. The molecule has 1 heterocycles. The van der Waals surface area contributed by atoms with E-state index in [2.05, 4.69) is 23.8 Å².